The highest BCUT2D eigenvalue weighted by Crippen LogP contribution is 2.33. The quantitative estimate of drug-likeness (QED) is 0.506. The van der Waals surface area contributed by atoms with Crippen LogP contribution in [0.5, 0.6) is 11.5 Å². The molecule has 2 N–H and O–H groups in total. The van der Waals surface area contributed by atoms with Gasteiger partial charge in [0.05, 0.1) is 0 Å². The molecule has 2 atom stereocenters. The van der Waals surface area contributed by atoms with Crippen LogP contribution in [-0.2, 0) is 14.4 Å². The molecule has 24 heavy (non-hydrogen) atoms. The summed E-state index contributed by atoms with van der Waals surface area (Å²) < 4.78 is 18.6. The molecule has 1 saturated heterocycles. The molecular weight excluding hydrogens is 319 g/mol. The van der Waals surface area contributed by atoms with Gasteiger partial charge in [0, 0.05) is 13.0 Å². The molecule has 1 aromatic carbocycles. The highest BCUT2D eigenvalue weighted by molar-refractivity contribution is 6.00. The first-order valence-corrected chi connectivity index (χ1v) is 7.15. The lowest BCUT2D eigenvalue weighted by atomic mass is 10.0. The van der Waals surface area contributed by atoms with Crippen LogP contribution in [0.15, 0.2) is 35.5 Å². The number of β-lactam (4-membered cyclic amide) rings is 1. The molecule has 0 radical (unpaired) electrons. The number of nitrogens with one attached hydrogen (secondary N) is 1. The molecular formula is C16H17FN2O5. The van der Waals surface area contributed by atoms with E-state index in [0.29, 0.717) is 10.5 Å². The fraction of sp³-hybridized carbons (Fsp3) is 0.312. The predicted octanol–water partition coefficient (Wildman–Crippen LogP) is 1.80. The average molecular weight is 336 g/mol. The summed E-state index contributed by atoms with van der Waals surface area (Å²) in [5, 5.41) is 11.0. The van der Waals surface area contributed by atoms with E-state index in [0.717, 1.165) is 18.4 Å². The first kappa shape index (κ1) is 17.5. The Kier molecular flexibility index (Phi) is 4.87. The number of carboxylic acids is 1. The van der Waals surface area contributed by atoms with Gasteiger partial charge in [-0.2, -0.15) is 0 Å². The Bertz CT molecular complexity index is 702. The van der Waals surface area contributed by atoms with Gasteiger partial charge in [0.15, 0.2) is 6.04 Å². The van der Waals surface area contributed by atoms with Crippen molar-refractivity contribution >= 4 is 17.8 Å². The highest BCUT2D eigenvalue weighted by atomic mass is 19.1. The predicted molar refractivity (Wildman–Crippen MR) is 81.9 cm³/mol. The van der Waals surface area contributed by atoms with Crippen LogP contribution in [0.4, 0.5) is 4.39 Å². The average Bonchev–Trinajstić information content (AvgIpc) is 2.49. The number of hydrogen-bond acceptors (Lipinski definition) is 4. The largest absolute Gasteiger partial charge is 0.477 e. The van der Waals surface area contributed by atoms with Gasteiger partial charge in [0.1, 0.15) is 17.2 Å². The third-order valence-corrected chi connectivity index (χ3v) is 3.34. The molecule has 1 aromatic rings. The van der Waals surface area contributed by atoms with Gasteiger partial charge in [-0.15, -0.1) is 0 Å². The van der Waals surface area contributed by atoms with Gasteiger partial charge in [0.2, 0.25) is 12.2 Å². The van der Waals surface area contributed by atoms with E-state index in [1.165, 1.54) is 13.8 Å². The summed E-state index contributed by atoms with van der Waals surface area (Å²) in [6.45, 7) is 4.09. The van der Waals surface area contributed by atoms with Crippen molar-refractivity contribution in [3.8, 4) is 11.5 Å². The van der Waals surface area contributed by atoms with E-state index in [-0.39, 0.29) is 5.70 Å². The zero-order valence-electron chi connectivity index (χ0n) is 13.4. The van der Waals surface area contributed by atoms with Crippen molar-refractivity contribution in [3.05, 3.63) is 35.5 Å². The number of carbonyl (C=O) groups is 3. The van der Waals surface area contributed by atoms with Crippen LogP contribution in [0.25, 0.3) is 0 Å². The Morgan fingerprint density at radius 3 is 2.04 bits per heavy atom. The smallest absolute Gasteiger partial charge is 0.352 e. The van der Waals surface area contributed by atoms with Gasteiger partial charge in [-0.3, -0.25) is 14.5 Å². The zero-order chi connectivity index (χ0) is 18.0. The second-order valence-electron chi connectivity index (χ2n) is 5.49. The van der Waals surface area contributed by atoms with Crippen molar-refractivity contribution in [1.82, 2.24) is 10.2 Å². The van der Waals surface area contributed by atoms with Crippen LogP contribution in [-0.4, -0.2) is 40.1 Å². The van der Waals surface area contributed by atoms with Gasteiger partial charge < -0.3 is 15.2 Å². The van der Waals surface area contributed by atoms with E-state index in [1.54, 1.807) is 0 Å². The second kappa shape index (κ2) is 6.69. The molecule has 0 spiro atoms. The maximum Gasteiger partial charge on any atom is 0.352 e. The van der Waals surface area contributed by atoms with Crippen molar-refractivity contribution in [1.29, 1.82) is 0 Å². The molecule has 2 unspecified atom stereocenters. The van der Waals surface area contributed by atoms with Gasteiger partial charge >= 0.3 is 5.97 Å². The molecule has 8 heteroatoms. The lowest BCUT2D eigenvalue weighted by Crippen LogP contribution is -2.68. The monoisotopic (exact) mass is 336 g/mol. The number of ether oxygens (including phenoxy) is 1. The maximum atomic E-state index is 13.6. The van der Waals surface area contributed by atoms with E-state index >= 15 is 0 Å². The summed E-state index contributed by atoms with van der Waals surface area (Å²) >= 11 is 0. The van der Waals surface area contributed by atoms with Gasteiger partial charge in [0.25, 0.3) is 5.91 Å². The number of rotatable bonds is 3. The maximum absolute atomic E-state index is 13.6. The molecule has 7 nitrogen and oxygen atoms in total. The second-order valence-corrected chi connectivity index (χ2v) is 5.49. The fourth-order valence-corrected chi connectivity index (χ4v) is 2.28. The van der Waals surface area contributed by atoms with Crippen molar-refractivity contribution < 1.29 is 28.6 Å². The number of amides is 2. The normalized spacial score (nSPS) is 19.7. The number of carbonyl (C=O) groups excluding carboxylic acids is 2. The number of halogens is 1. The standard InChI is InChI=1S/C10H13FN2O4.C6H4O/c1-4(2)7(10(16)17)13-8(11)6(9(13)15)12-5(3)14;1-2-5-4-6(3-1)7-5/h6,8H,1-3H3,(H,12,14)(H,16,17);1-4H. The van der Waals surface area contributed by atoms with E-state index in [1.807, 2.05) is 24.3 Å². The Morgan fingerprint density at radius 1 is 1.25 bits per heavy atom. The third kappa shape index (κ3) is 3.37. The minimum Gasteiger partial charge on any atom is -0.477 e. The van der Waals surface area contributed by atoms with E-state index in [9.17, 15) is 18.8 Å². The summed E-state index contributed by atoms with van der Waals surface area (Å²) in [4.78, 5) is 33.7. The Morgan fingerprint density at radius 2 is 1.79 bits per heavy atom. The summed E-state index contributed by atoms with van der Waals surface area (Å²) in [6.07, 6.45) is -1.84. The number of alkyl halides is 1. The van der Waals surface area contributed by atoms with Crippen LogP contribution >= 0.6 is 0 Å². The van der Waals surface area contributed by atoms with Crippen molar-refractivity contribution in [2.75, 3.05) is 0 Å². The lowest BCUT2D eigenvalue weighted by molar-refractivity contribution is -0.163. The van der Waals surface area contributed by atoms with E-state index in [4.69, 9.17) is 9.84 Å². The van der Waals surface area contributed by atoms with Crippen molar-refractivity contribution in [3.63, 3.8) is 0 Å². The summed E-state index contributed by atoms with van der Waals surface area (Å²) in [6, 6.07) is 6.56. The van der Waals surface area contributed by atoms with Crippen LogP contribution < -0.4 is 10.1 Å². The van der Waals surface area contributed by atoms with Crippen LogP contribution in [0.1, 0.15) is 20.8 Å². The third-order valence-electron chi connectivity index (χ3n) is 3.34. The molecule has 0 aromatic heterocycles. The highest BCUT2D eigenvalue weighted by Gasteiger charge is 2.51. The lowest BCUT2D eigenvalue weighted by Gasteiger charge is -2.42. The molecule has 1 fully saturated rings. The number of aliphatic carboxylic acids is 1. The molecule has 128 valence electrons. The topological polar surface area (TPSA) is 95.9 Å². The van der Waals surface area contributed by atoms with E-state index in [2.05, 4.69) is 5.32 Å². The Balaban J connectivity index is 0.000000242. The number of allylic oxidation sites excluding steroid dienone is 1. The number of carboxylic acid groups (broad SMARTS) is 1. The van der Waals surface area contributed by atoms with Gasteiger partial charge in [-0.25, -0.2) is 9.18 Å². The van der Waals surface area contributed by atoms with Crippen LogP contribution in [0.3, 0.4) is 0 Å². The molecule has 2 bridgehead atoms. The Labute approximate surface area is 137 Å². The molecule has 0 aliphatic carbocycles. The Hall–Kier alpha value is -2.90. The zero-order valence-corrected chi connectivity index (χ0v) is 13.4. The molecule has 2 amide bonds. The van der Waals surface area contributed by atoms with E-state index < -0.39 is 30.1 Å². The molecule has 3 aliphatic rings. The van der Waals surface area contributed by atoms with Crippen molar-refractivity contribution in [2.24, 2.45) is 0 Å². The number of hydrogen-bond donors (Lipinski definition) is 2. The number of benzene rings is 1. The molecule has 3 heterocycles. The SMILES string of the molecule is CC(=O)NC1C(=O)N(C(C(=O)O)=C(C)C)C1F.c1cc2cc(c1)O2. The fourth-order valence-electron chi connectivity index (χ4n) is 2.28. The summed E-state index contributed by atoms with van der Waals surface area (Å²) in [5.74, 6) is -0.705. The van der Waals surface area contributed by atoms with Gasteiger partial charge in [-0.1, -0.05) is 6.07 Å². The van der Waals surface area contributed by atoms with Gasteiger partial charge in [-0.05, 0) is 31.6 Å². The summed E-state index contributed by atoms with van der Waals surface area (Å²) in [5.41, 5.74) is -0.0705. The first-order valence-electron chi connectivity index (χ1n) is 7.15. The first-order chi connectivity index (χ1) is 11.2. The van der Waals surface area contributed by atoms with Crippen LogP contribution in [0.2, 0.25) is 0 Å². The molecule has 4 rings (SSSR count). The molecule has 3 aliphatic heterocycles. The van der Waals surface area contributed by atoms with Crippen molar-refractivity contribution in [2.45, 2.75) is 33.1 Å². The minimum absolute atomic E-state index is 0.315. The number of fused-ring (bicyclic) bond motifs is 2. The number of likely N-dealkylation sites (tertiary alicyclic amines) is 1. The minimum atomic E-state index is -1.84. The summed E-state index contributed by atoms with van der Waals surface area (Å²) in [7, 11) is 0. The van der Waals surface area contributed by atoms with Crippen LogP contribution in [0, 0.1) is 0 Å². The number of nitrogens with zero attached hydrogens (tertiary/aromatic N) is 1. The molecule has 0 saturated carbocycles.